The maximum Gasteiger partial charge on any atom is 0.333 e. The summed E-state index contributed by atoms with van der Waals surface area (Å²) in [6, 6.07) is 0. The van der Waals surface area contributed by atoms with Crippen molar-refractivity contribution in [2.24, 2.45) is 0 Å². The topological polar surface area (TPSA) is 43.4 Å². The highest BCUT2D eigenvalue weighted by Gasteiger charge is 2.03. The van der Waals surface area contributed by atoms with Crippen molar-refractivity contribution >= 4 is 11.8 Å². The molecule has 0 radical (unpaired) electrons. The Hall–Kier alpha value is -1.12. The zero-order valence-electron chi connectivity index (χ0n) is 7.72. The minimum Gasteiger partial charge on any atom is -0.462 e. The van der Waals surface area contributed by atoms with Crippen molar-refractivity contribution in [2.75, 3.05) is 6.61 Å². The number of rotatable bonds is 4. The van der Waals surface area contributed by atoms with Crippen LogP contribution in [0.3, 0.4) is 0 Å². The molecule has 0 saturated heterocycles. The SMILES string of the molecule is CC=C(C)C(=O)OCCC(C)=O. The van der Waals surface area contributed by atoms with Gasteiger partial charge in [-0.1, -0.05) is 6.08 Å². The molecule has 0 aliphatic heterocycles. The number of carbonyl (C=O) groups is 2. The summed E-state index contributed by atoms with van der Waals surface area (Å²) in [5.41, 5.74) is 0.568. The number of ketones is 1. The average Bonchev–Trinajstić information content (AvgIpc) is 2.02. The lowest BCUT2D eigenvalue weighted by atomic mass is 10.3. The summed E-state index contributed by atoms with van der Waals surface area (Å²) in [6.07, 6.45) is 1.97. The fourth-order valence-electron chi connectivity index (χ4n) is 0.519. The molecule has 0 heterocycles. The summed E-state index contributed by atoms with van der Waals surface area (Å²) in [6.45, 7) is 5.09. The lowest BCUT2D eigenvalue weighted by Gasteiger charge is -2.01. The van der Waals surface area contributed by atoms with E-state index in [0.717, 1.165) is 0 Å². The van der Waals surface area contributed by atoms with Gasteiger partial charge in [0.1, 0.15) is 5.78 Å². The molecule has 0 bridgehead atoms. The van der Waals surface area contributed by atoms with Crippen LogP contribution < -0.4 is 0 Å². The van der Waals surface area contributed by atoms with Crippen molar-refractivity contribution in [3.63, 3.8) is 0 Å². The second-order valence-corrected chi connectivity index (χ2v) is 2.56. The second-order valence-electron chi connectivity index (χ2n) is 2.56. The van der Waals surface area contributed by atoms with E-state index in [1.54, 1.807) is 19.9 Å². The molecule has 0 rings (SSSR count). The van der Waals surface area contributed by atoms with Crippen LogP contribution in [-0.2, 0) is 14.3 Å². The van der Waals surface area contributed by atoms with Crippen LogP contribution in [0.4, 0.5) is 0 Å². The lowest BCUT2D eigenvalue weighted by molar-refractivity contribution is -0.139. The predicted octanol–water partition coefficient (Wildman–Crippen LogP) is 1.47. The first kappa shape index (κ1) is 10.9. The Kier molecular flexibility index (Phi) is 5.00. The molecule has 0 atom stereocenters. The Balaban J connectivity index is 3.65. The molecule has 68 valence electrons. The highest BCUT2D eigenvalue weighted by Crippen LogP contribution is 1.96. The van der Waals surface area contributed by atoms with Gasteiger partial charge in [-0.05, 0) is 20.8 Å². The van der Waals surface area contributed by atoms with Crippen LogP contribution in [0.25, 0.3) is 0 Å². The third-order valence-corrected chi connectivity index (χ3v) is 1.44. The van der Waals surface area contributed by atoms with Gasteiger partial charge < -0.3 is 4.74 Å². The number of allylic oxidation sites excluding steroid dienone is 1. The van der Waals surface area contributed by atoms with Crippen LogP contribution in [0.1, 0.15) is 27.2 Å². The summed E-state index contributed by atoms with van der Waals surface area (Å²) in [7, 11) is 0. The van der Waals surface area contributed by atoms with Crippen LogP contribution >= 0.6 is 0 Å². The molecule has 0 saturated carbocycles. The average molecular weight is 170 g/mol. The minimum atomic E-state index is -0.348. The Morgan fingerprint density at radius 1 is 1.33 bits per heavy atom. The van der Waals surface area contributed by atoms with E-state index in [1.165, 1.54) is 6.92 Å². The molecule has 0 N–H and O–H groups in total. The Bertz CT molecular complexity index is 204. The summed E-state index contributed by atoms with van der Waals surface area (Å²) >= 11 is 0. The molecule has 0 spiro atoms. The smallest absolute Gasteiger partial charge is 0.333 e. The van der Waals surface area contributed by atoms with E-state index in [0.29, 0.717) is 12.0 Å². The van der Waals surface area contributed by atoms with Crippen molar-refractivity contribution in [1.82, 2.24) is 0 Å². The van der Waals surface area contributed by atoms with Gasteiger partial charge in [-0.25, -0.2) is 4.79 Å². The number of esters is 1. The molecule has 0 fully saturated rings. The maximum atomic E-state index is 11.0. The third-order valence-electron chi connectivity index (χ3n) is 1.44. The molecule has 0 aliphatic carbocycles. The van der Waals surface area contributed by atoms with Gasteiger partial charge in [-0.3, -0.25) is 4.79 Å². The molecule has 12 heavy (non-hydrogen) atoms. The molecule has 0 aromatic heterocycles. The fraction of sp³-hybridized carbons (Fsp3) is 0.556. The van der Waals surface area contributed by atoms with E-state index in [4.69, 9.17) is 4.74 Å². The number of hydrogen-bond donors (Lipinski definition) is 0. The first-order chi connectivity index (χ1) is 5.57. The van der Waals surface area contributed by atoms with Crippen molar-refractivity contribution in [3.8, 4) is 0 Å². The maximum absolute atomic E-state index is 11.0. The van der Waals surface area contributed by atoms with Crippen LogP contribution in [-0.4, -0.2) is 18.4 Å². The molecule has 3 heteroatoms. The molecule has 0 aromatic rings. The summed E-state index contributed by atoms with van der Waals surface area (Å²) in [4.78, 5) is 21.4. The van der Waals surface area contributed by atoms with Crippen LogP contribution in [0.2, 0.25) is 0 Å². The van der Waals surface area contributed by atoms with Crippen molar-refractivity contribution < 1.29 is 14.3 Å². The van der Waals surface area contributed by atoms with Crippen molar-refractivity contribution in [2.45, 2.75) is 27.2 Å². The zero-order valence-corrected chi connectivity index (χ0v) is 7.72. The molecular formula is C9H14O3. The Labute approximate surface area is 72.4 Å². The molecule has 0 aliphatic rings. The highest BCUT2D eigenvalue weighted by molar-refractivity contribution is 5.87. The van der Waals surface area contributed by atoms with Gasteiger partial charge in [-0.15, -0.1) is 0 Å². The van der Waals surface area contributed by atoms with E-state index in [2.05, 4.69) is 0 Å². The predicted molar refractivity (Wildman–Crippen MR) is 45.7 cm³/mol. The van der Waals surface area contributed by atoms with Gasteiger partial charge in [0.25, 0.3) is 0 Å². The fourth-order valence-corrected chi connectivity index (χ4v) is 0.519. The van der Waals surface area contributed by atoms with Crippen molar-refractivity contribution in [1.29, 1.82) is 0 Å². The highest BCUT2D eigenvalue weighted by atomic mass is 16.5. The Morgan fingerprint density at radius 2 is 1.92 bits per heavy atom. The largest absolute Gasteiger partial charge is 0.462 e. The molecule has 0 aromatic carbocycles. The Morgan fingerprint density at radius 3 is 2.33 bits per heavy atom. The van der Waals surface area contributed by atoms with Crippen LogP contribution in [0.15, 0.2) is 11.6 Å². The number of ether oxygens (including phenoxy) is 1. The van der Waals surface area contributed by atoms with E-state index in [-0.39, 0.29) is 18.4 Å². The van der Waals surface area contributed by atoms with Gasteiger partial charge >= 0.3 is 5.97 Å². The summed E-state index contributed by atoms with van der Waals surface area (Å²) < 4.78 is 4.78. The first-order valence-corrected chi connectivity index (χ1v) is 3.87. The van der Waals surface area contributed by atoms with E-state index in [9.17, 15) is 9.59 Å². The monoisotopic (exact) mass is 170 g/mol. The van der Waals surface area contributed by atoms with Crippen LogP contribution in [0.5, 0.6) is 0 Å². The normalized spacial score (nSPS) is 11.1. The van der Waals surface area contributed by atoms with Gasteiger partial charge in [0.15, 0.2) is 0 Å². The van der Waals surface area contributed by atoms with Gasteiger partial charge in [0.05, 0.1) is 6.61 Å². The van der Waals surface area contributed by atoms with Gasteiger partial charge in [0, 0.05) is 12.0 Å². The molecular weight excluding hydrogens is 156 g/mol. The lowest BCUT2D eigenvalue weighted by Crippen LogP contribution is -2.08. The second kappa shape index (κ2) is 5.52. The quantitative estimate of drug-likeness (QED) is 0.474. The van der Waals surface area contributed by atoms with E-state index < -0.39 is 0 Å². The summed E-state index contributed by atoms with van der Waals surface area (Å²) in [5, 5.41) is 0. The van der Waals surface area contributed by atoms with Gasteiger partial charge in [0.2, 0.25) is 0 Å². The van der Waals surface area contributed by atoms with Crippen molar-refractivity contribution in [3.05, 3.63) is 11.6 Å². The minimum absolute atomic E-state index is 0.0286. The number of Topliss-reactive ketones (excluding diaryl/α,β-unsaturated/α-hetero) is 1. The number of carbonyl (C=O) groups excluding carboxylic acids is 2. The standard InChI is InChI=1S/C9H14O3/c1-4-7(2)9(11)12-6-5-8(3)10/h4H,5-6H2,1-3H3. The molecule has 3 nitrogen and oxygen atoms in total. The first-order valence-electron chi connectivity index (χ1n) is 3.87. The zero-order chi connectivity index (χ0) is 9.56. The molecule has 0 unspecified atom stereocenters. The third kappa shape index (κ3) is 4.66. The molecule has 0 amide bonds. The van der Waals surface area contributed by atoms with Gasteiger partial charge in [-0.2, -0.15) is 0 Å². The number of hydrogen-bond acceptors (Lipinski definition) is 3. The summed E-state index contributed by atoms with van der Waals surface area (Å²) in [5.74, 6) is -0.320. The van der Waals surface area contributed by atoms with E-state index in [1.807, 2.05) is 0 Å². The van der Waals surface area contributed by atoms with E-state index >= 15 is 0 Å². The van der Waals surface area contributed by atoms with Crippen LogP contribution in [0, 0.1) is 0 Å².